The lowest BCUT2D eigenvalue weighted by Gasteiger charge is -2.19. The van der Waals surface area contributed by atoms with Crippen molar-refractivity contribution in [2.24, 2.45) is 11.7 Å². The number of aryl methyl sites for hydroxylation is 1. The first-order chi connectivity index (χ1) is 8.32. The van der Waals surface area contributed by atoms with Crippen LogP contribution in [0.4, 0.5) is 11.4 Å². The Morgan fingerprint density at radius 1 is 1.33 bits per heavy atom. The molecule has 1 atom stereocenters. The van der Waals surface area contributed by atoms with Gasteiger partial charge in [-0.25, -0.2) is 0 Å². The number of benzene rings is 1. The lowest BCUT2D eigenvalue weighted by atomic mass is 10.0. The maximum absolute atomic E-state index is 11.9. The zero-order valence-electron chi connectivity index (χ0n) is 11.8. The Morgan fingerprint density at radius 3 is 2.44 bits per heavy atom. The zero-order chi connectivity index (χ0) is 13.9. The standard InChI is InChI=1S/C14H23N3O/c1-9(2)13(15)14(18)16-11-7-6-10(3)12(8-11)17(4)5/h6-9,13H,15H2,1-5H3,(H,16,18)/t13-/m0/s1. The number of nitrogens with two attached hydrogens (primary N) is 1. The van der Waals surface area contributed by atoms with Gasteiger partial charge in [0.05, 0.1) is 6.04 Å². The van der Waals surface area contributed by atoms with Crippen molar-refractivity contribution < 1.29 is 4.79 Å². The Bertz CT molecular complexity index is 427. The lowest BCUT2D eigenvalue weighted by molar-refractivity contribution is -0.118. The van der Waals surface area contributed by atoms with Crippen molar-refractivity contribution >= 4 is 17.3 Å². The molecule has 0 aliphatic rings. The Hall–Kier alpha value is -1.55. The quantitative estimate of drug-likeness (QED) is 0.858. The average molecular weight is 249 g/mol. The summed E-state index contributed by atoms with van der Waals surface area (Å²) in [6.07, 6.45) is 0. The van der Waals surface area contributed by atoms with E-state index in [0.717, 1.165) is 11.4 Å². The van der Waals surface area contributed by atoms with Gasteiger partial charge >= 0.3 is 0 Å². The Balaban J connectivity index is 2.86. The first-order valence-corrected chi connectivity index (χ1v) is 6.17. The molecule has 100 valence electrons. The summed E-state index contributed by atoms with van der Waals surface area (Å²) >= 11 is 0. The first-order valence-electron chi connectivity index (χ1n) is 6.17. The highest BCUT2D eigenvalue weighted by molar-refractivity contribution is 5.95. The first kappa shape index (κ1) is 14.5. The van der Waals surface area contributed by atoms with Crippen LogP contribution >= 0.6 is 0 Å². The van der Waals surface area contributed by atoms with E-state index in [-0.39, 0.29) is 11.8 Å². The van der Waals surface area contributed by atoms with Gasteiger partial charge in [0.15, 0.2) is 0 Å². The fourth-order valence-corrected chi connectivity index (χ4v) is 1.70. The molecule has 1 aromatic rings. The number of nitrogens with one attached hydrogen (secondary N) is 1. The fraction of sp³-hybridized carbons (Fsp3) is 0.500. The van der Waals surface area contributed by atoms with Crippen molar-refractivity contribution in [1.29, 1.82) is 0 Å². The molecule has 1 amide bonds. The minimum Gasteiger partial charge on any atom is -0.377 e. The van der Waals surface area contributed by atoms with Crippen molar-refractivity contribution in [1.82, 2.24) is 0 Å². The molecule has 0 saturated carbocycles. The number of hydrogen-bond acceptors (Lipinski definition) is 3. The smallest absolute Gasteiger partial charge is 0.241 e. The van der Waals surface area contributed by atoms with Gasteiger partial charge in [0.25, 0.3) is 0 Å². The summed E-state index contributed by atoms with van der Waals surface area (Å²) in [4.78, 5) is 13.9. The van der Waals surface area contributed by atoms with Crippen LogP contribution in [0.2, 0.25) is 0 Å². The van der Waals surface area contributed by atoms with Crippen LogP contribution in [0.25, 0.3) is 0 Å². The van der Waals surface area contributed by atoms with E-state index in [1.54, 1.807) is 0 Å². The third-order valence-electron chi connectivity index (χ3n) is 2.98. The number of nitrogens with zero attached hydrogens (tertiary/aromatic N) is 1. The second kappa shape index (κ2) is 5.87. The van der Waals surface area contributed by atoms with Gasteiger partial charge in [-0.1, -0.05) is 19.9 Å². The van der Waals surface area contributed by atoms with E-state index in [2.05, 4.69) is 5.32 Å². The highest BCUT2D eigenvalue weighted by Crippen LogP contribution is 2.22. The van der Waals surface area contributed by atoms with Crippen LogP contribution in [-0.2, 0) is 4.79 Å². The molecule has 4 nitrogen and oxygen atoms in total. The number of hydrogen-bond donors (Lipinski definition) is 2. The van der Waals surface area contributed by atoms with E-state index < -0.39 is 6.04 Å². The molecule has 0 heterocycles. The highest BCUT2D eigenvalue weighted by atomic mass is 16.2. The topological polar surface area (TPSA) is 58.4 Å². The van der Waals surface area contributed by atoms with Gasteiger partial charge < -0.3 is 16.0 Å². The van der Waals surface area contributed by atoms with E-state index in [0.29, 0.717) is 0 Å². The monoisotopic (exact) mass is 249 g/mol. The van der Waals surface area contributed by atoms with Gasteiger partial charge in [0.2, 0.25) is 5.91 Å². The molecule has 0 bridgehead atoms. The Labute approximate surface area is 109 Å². The third kappa shape index (κ3) is 3.47. The molecular formula is C14H23N3O. The normalized spacial score (nSPS) is 12.4. The van der Waals surface area contributed by atoms with E-state index >= 15 is 0 Å². The molecule has 3 N–H and O–H groups in total. The summed E-state index contributed by atoms with van der Waals surface area (Å²) in [5, 5.41) is 2.85. The van der Waals surface area contributed by atoms with Crippen molar-refractivity contribution in [3.63, 3.8) is 0 Å². The van der Waals surface area contributed by atoms with Gasteiger partial charge in [-0.15, -0.1) is 0 Å². The molecule has 0 aliphatic carbocycles. The summed E-state index contributed by atoms with van der Waals surface area (Å²) < 4.78 is 0. The van der Waals surface area contributed by atoms with Crippen LogP contribution in [-0.4, -0.2) is 26.0 Å². The molecule has 0 saturated heterocycles. The largest absolute Gasteiger partial charge is 0.377 e. The fourth-order valence-electron chi connectivity index (χ4n) is 1.70. The summed E-state index contributed by atoms with van der Waals surface area (Å²) in [6.45, 7) is 5.91. The second-order valence-electron chi connectivity index (χ2n) is 5.15. The predicted octanol–water partition coefficient (Wildman–Crippen LogP) is 1.98. The average Bonchev–Trinajstić information content (AvgIpc) is 2.29. The Kier molecular flexibility index (Phi) is 4.73. The second-order valence-corrected chi connectivity index (χ2v) is 5.15. The molecule has 0 spiro atoms. The van der Waals surface area contributed by atoms with Crippen molar-refractivity contribution in [3.8, 4) is 0 Å². The number of anilines is 2. The SMILES string of the molecule is Cc1ccc(NC(=O)[C@@H](N)C(C)C)cc1N(C)C. The summed E-state index contributed by atoms with van der Waals surface area (Å²) in [5.41, 5.74) is 8.86. The molecule has 0 fully saturated rings. The third-order valence-corrected chi connectivity index (χ3v) is 2.98. The minimum atomic E-state index is -0.478. The molecule has 4 heteroatoms. The predicted molar refractivity (Wildman–Crippen MR) is 76.9 cm³/mol. The van der Waals surface area contributed by atoms with E-state index in [1.165, 1.54) is 5.56 Å². The van der Waals surface area contributed by atoms with Crippen LogP contribution in [0.15, 0.2) is 18.2 Å². The van der Waals surface area contributed by atoms with E-state index in [4.69, 9.17) is 5.73 Å². The molecule has 0 radical (unpaired) electrons. The Morgan fingerprint density at radius 2 is 1.94 bits per heavy atom. The summed E-state index contributed by atoms with van der Waals surface area (Å²) in [5.74, 6) is -0.0117. The lowest BCUT2D eigenvalue weighted by Crippen LogP contribution is -2.39. The number of carbonyl (C=O) groups is 1. The molecule has 1 aromatic carbocycles. The van der Waals surface area contributed by atoms with Gasteiger partial charge in [-0.2, -0.15) is 0 Å². The molecule has 18 heavy (non-hydrogen) atoms. The van der Waals surface area contributed by atoms with Gasteiger partial charge in [-0.3, -0.25) is 4.79 Å². The zero-order valence-corrected chi connectivity index (χ0v) is 11.8. The van der Waals surface area contributed by atoms with Crippen LogP contribution in [0, 0.1) is 12.8 Å². The van der Waals surface area contributed by atoms with Crippen molar-refractivity contribution in [3.05, 3.63) is 23.8 Å². The van der Waals surface area contributed by atoms with Crippen LogP contribution < -0.4 is 16.0 Å². The van der Waals surface area contributed by atoms with Crippen molar-refractivity contribution in [2.75, 3.05) is 24.3 Å². The molecule has 0 aromatic heterocycles. The summed E-state index contributed by atoms with van der Waals surface area (Å²) in [7, 11) is 3.96. The minimum absolute atomic E-state index is 0.128. The van der Waals surface area contributed by atoms with Gasteiger partial charge in [-0.05, 0) is 30.5 Å². The molecule has 0 aliphatic heterocycles. The number of rotatable bonds is 4. The molecule has 1 rings (SSSR count). The van der Waals surface area contributed by atoms with Gasteiger partial charge in [0, 0.05) is 25.5 Å². The van der Waals surface area contributed by atoms with Gasteiger partial charge in [0.1, 0.15) is 0 Å². The van der Waals surface area contributed by atoms with E-state index in [1.807, 2.05) is 58.0 Å². The molecular weight excluding hydrogens is 226 g/mol. The van der Waals surface area contributed by atoms with Crippen molar-refractivity contribution in [2.45, 2.75) is 26.8 Å². The van der Waals surface area contributed by atoms with Crippen LogP contribution in [0.3, 0.4) is 0 Å². The summed E-state index contributed by atoms with van der Waals surface area (Å²) in [6, 6.07) is 5.37. The van der Waals surface area contributed by atoms with Crippen LogP contribution in [0.1, 0.15) is 19.4 Å². The van der Waals surface area contributed by atoms with Crippen LogP contribution in [0.5, 0.6) is 0 Å². The highest BCUT2D eigenvalue weighted by Gasteiger charge is 2.17. The number of amides is 1. The molecule has 0 unspecified atom stereocenters. The maximum Gasteiger partial charge on any atom is 0.241 e. The van der Waals surface area contributed by atoms with E-state index in [9.17, 15) is 4.79 Å². The maximum atomic E-state index is 11.9. The number of carbonyl (C=O) groups excluding carboxylic acids is 1.